The third kappa shape index (κ3) is 3.14. The molecule has 0 atom stereocenters. The molecule has 2 aromatic rings. The number of carboxylic acid groups (broad SMARTS) is 2. The molecule has 0 heterocycles. The van der Waals surface area contributed by atoms with Gasteiger partial charge in [0.1, 0.15) is 0 Å². The van der Waals surface area contributed by atoms with Crippen LogP contribution in [0.5, 0.6) is 11.5 Å². The average Bonchev–Trinajstić information content (AvgIpc) is 2.39. The van der Waals surface area contributed by atoms with Crippen molar-refractivity contribution in [2.24, 2.45) is 0 Å². The molecule has 0 aromatic heterocycles. The summed E-state index contributed by atoms with van der Waals surface area (Å²) in [6.45, 7) is 0. The molecule has 0 aliphatic carbocycles. The van der Waals surface area contributed by atoms with Gasteiger partial charge in [0, 0.05) is 25.2 Å². The third-order valence-electron chi connectivity index (χ3n) is 2.82. The molecule has 0 radical (unpaired) electrons. The van der Waals surface area contributed by atoms with Crippen LogP contribution < -0.4 is 14.4 Å². The summed E-state index contributed by atoms with van der Waals surface area (Å²) in [6, 6.07) is 8.31. The van der Waals surface area contributed by atoms with E-state index in [0.29, 0.717) is 10.8 Å². The summed E-state index contributed by atoms with van der Waals surface area (Å²) in [5.41, 5.74) is 0.810. The number of anilines is 1. The Balaban J connectivity index is 2.68. The van der Waals surface area contributed by atoms with E-state index in [2.05, 4.69) is 4.74 Å². The Labute approximate surface area is 119 Å². The lowest BCUT2D eigenvalue weighted by atomic mass is 10.1. The fraction of sp³-hybridized carbons (Fsp3) is 0.143. The van der Waals surface area contributed by atoms with Gasteiger partial charge in [0.15, 0.2) is 11.5 Å². The minimum Gasteiger partial charge on any atom is -0.449 e. The number of benzene rings is 2. The normalized spacial score (nSPS) is 10.2. The van der Waals surface area contributed by atoms with Crippen LogP contribution in [0.3, 0.4) is 0 Å². The van der Waals surface area contributed by atoms with Crippen LogP contribution in [0, 0.1) is 0 Å². The Hall–Kier alpha value is -2.96. The molecule has 0 unspecified atom stereocenters. The van der Waals surface area contributed by atoms with Crippen LogP contribution in [-0.4, -0.2) is 36.6 Å². The van der Waals surface area contributed by atoms with Gasteiger partial charge < -0.3 is 24.6 Å². The van der Waals surface area contributed by atoms with Gasteiger partial charge in [-0.25, -0.2) is 9.59 Å². The highest BCUT2D eigenvalue weighted by atomic mass is 16.7. The molecule has 0 bridgehead atoms. The number of hydrogen-bond donors (Lipinski definition) is 2. The van der Waals surface area contributed by atoms with Crippen LogP contribution in [0.25, 0.3) is 10.8 Å². The van der Waals surface area contributed by atoms with Gasteiger partial charge >= 0.3 is 12.3 Å². The van der Waals surface area contributed by atoms with E-state index in [1.165, 1.54) is 6.07 Å². The minimum atomic E-state index is -1.55. The maximum Gasteiger partial charge on any atom is 0.511 e. The first-order valence-corrected chi connectivity index (χ1v) is 5.94. The van der Waals surface area contributed by atoms with E-state index in [-0.39, 0.29) is 11.5 Å². The van der Waals surface area contributed by atoms with Crippen LogP contribution >= 0.6 is 0 Å². The quantitative estimate of drug-likeness (QED) is 0.662. The summed E-state index contributed by atoms with van der Waals surface area (Å²) >= 11 is 0. The van der Waals surface area contributed by atoms with E-state index in [0.717, 1.165) is 5.69 Å². The summed E-state index contributed by atoms with van der Waals surface area (Å²) in [4.78, 5) is 23.3. The van der Waals surface area contributed by atoms with E-state index >= 15 is 0 Å². The van der Waals surface area contributed by atoms with Crippen molar-refractivity contribution in [2.75, 3.05) is 19.0 Å². The molecule has 2 N–H and O–H groups in total. The monoisotopic (exact) mass is 291 g/mol. The van der Waals surface area contributed by atoms with Crippen molar-refractivity contribution in [3.05, 3.63) is 30.3 Å². The lowest BCUT2D eigenvalue weighted by molar-refractivity contribution is 0.133. The topological polar surface area (TPSA) is 96.3 Å². The molecular weight excluding hydrogens is 278 g/mol. The maximum absolute atomic E-state index is 10.8. The zero-order valence-electron chi connectivity index (χ0n) is 11.4. The first-order valence-electron chi connectivity index (χ1n) is 5.94. The molecule has 0 spiro atoms. The van der Waals surface area contributed by atoms with Crippen LogP contribution in [-0.2, 0) is 0 Å². The molecule has 0 aliphatic rings. The highest BCUT2D eigenvalue weighted by Crippen LogP contribution is 2.37. The van der Waals surface area contributed by atoms with Gasteiger partial charge in [-0.3, -0.25) is 0 Å². The van der Waals surface area contributed by atoms with Crippen molar-refractivity contribution in [1.29, 1.82) is 0 Å². The van der Waals surface area contributed by atoms with E-state index < -0.39 is 12.3 Å². The van der Waals surface area contributed by atoms with Crippen molar-refractivity contribution in [1.82, 2.24) is 0 Å². The molecule has 0 saturated carbocycles. The Morgan fingerprint density at radius 3 is 2.19 bits per heavy atom. The zero-order valence-corrected chi connectivity index (χ0v) is 11.4. The van der Waals surface area contributed by atoms with Crippen LogP contribution in [0.2, 0.25) is 0 Å². The lowest BCUT2D eigenvalue weighted by Gasteiger charge is -2.15. The first kappa shape index (κ1) is 14.4. The second-order valence-corrected chi connectivity index (χ2v) is 4.43. The largest absolute Gasteiger partial charge is 0.511 e. The van der Waals surface area contributed by atoms with Gasteiger partial charge in [-0.15, -0.1) is 0 Å². The lowest BCUT2D eigenvalue weighted by Crippen LogP contribution is -2.10. The Kier molecular flexibility index (Phi) is 3.84. The molecule has 0 saturated heterocycles. The summed E-state index contributed by atoms with van der Waals surface area (Å²) in [6.07, 6.45) is -3.10. The number of ether oxygens (including phenoxy) is 2. The number of nitrogens with zero attached hydrogens (tertiary/aromatic N) is 1. The van der Waals surface area contributed by atoms with Crippen molar-refractivity contribution in [2.45, 2.75) is 0 Å². The summed E-state index contributed by atoms with van der Waals surface area (Å²) in [5.74, 6) is -0.320. The van der Waals surface area contributed by atoms with Crippen LogP contribution in [0.15, 0.2) is 30.3 Å². The van der Waals surface area contributed by atoms with Gasteiger partial charge in [0.25, 0.3) is 0 Å². The number of fused-ring (bicyclic) bond motifs is 1. The SMILES string of the molecule is CN(C)c1ccc2ccc(OC(=O)O)c(OC(=O)O)c2c1. The smallest absolute Gasteiger partial charge is 0.449 e. The van der Waals surface area contributed by atoms with Crippen molar-refractivity contribution in [3.8, 4) is 11.5 Å². The highest BCUT2D eigenvalue weighted by molar-refractivity contribution is 5.95. The van der Waals surface area contributed by atoms with Gasteiger partial charge in [0.05, 0.1) is 0 Å². The zero-order chi connectivity index (χ0) is 15.6. The van der Waals surface area contributed by atoms with Crippen molar-refractivity contribution >= 4 is 28.8 Å². The number of hydrogen-bond acceptors (Lipinski definition) is 5. The third-order valence-corrected chi connectivity index (χ3v) is 2.82. The van der Waals surface area contributed by atoms with E-state index in [9.17, 15) is 9.59 Å². The number of rotatable bonds is 3. The Bertz CT molecular complexity index is 710. The molecule has 0 amide bonds. The van der Waals surface area contributed by atoms with E-state index in [1.807, 2.05) is 25.1 Å². The Morgan fingerprint density at radius 2 is 1.62 bits per heavy atom. The van der Waals surface area contributed by atoms with Crippen molar-refractivity contribution < 1.29 is 29.3 Å². The predicted molar refractivity (Wildman–Crippen MR) is 75.6 cm³/mol. The fourth-order valence-corrected chi connectivity index (χ4v) is 1.91. The molecule has 7 nitrogen and oxygen atoms in total. The standard InChI is InChI=1S/C14H13NO6/c1-15(2)9-5-3-8-4-6-11(20-13(16)17)12(10(8)7-9)21-14(18)19/h3-7H,1-2H3,(H,16,17)(H,18,19). The first-order chi connectivity index (χ1) is 9.88. The molecule has 21 heavy (non-hydrogen) atoms. The minimum absolute atomic E-state index is 0.147. The average molecular weight is 291 g/mol. The molecular formula is C14H13NO6. The van der Waals surface area contributed by atoms with Gasteiger partial charge in [-0.05, 0) is 23.6 Å². The Morgan fingerprint density at radius 1 is 1.00 bits per heavy atom. The highest BCUT2D eigenvalue weighted by Gasteiger charge is 2.17. The summed E-state index contributed by atoms with van der Waals surface area (Å²) in [7, 11) is 3.66. The maximum atomic E-state index is 10.8. The van der Waals surface area contributed by atoms with Crippen molar-refractivity contribution in [3.63, 3.8) is 0 Å². The molecule has 0 aliphatic heterocycles. The molecule has 7 heteroatoms. The molecule has 110 valence electrons. The predicted octanol–water partition coefficient (Wildman–Crippen LogP) is 3.02. The molecule has 0 fully saturated rings. The van der Waals surface area contributed by atoms with E-state index in [4.69, 9.17) is 14.9 Å². The van der Waals surface area contributed by atoms with Gasteiger partial charge in [-0.2, -0.15) is 0 Å². The van der Waals surface area contributed by atoms with Gasteiger partial charge in [0.2, 0.25) is 0 Å². The second-order valence-electron chi connectivity index (χ2n) is 4.43. The van der Waals surface area contributed by atoms with Gasteiger partial charge in [-0.1, -0.05) is 12.1 Å². The molecule has 2 rings (SSSR count). The summed E-state index contributed by atoms with van der Waals surface area (Å²) < 4.78 is 9.27. The second kappa shape index (κ2) is 5.58. The van der Waals surface area contributed by atoms with Crippen LogP contribution in [0.4, 0.5) is 15.3 Å². The number of carbonyl (C=O) groups is 2. The molecule has 2 aromatic carbocycles. The summed E-state index contributed by atoms with van der Waals surface area (Å²) in [5, 5.41) is 18.7. The fourth-order valence-electron chi connectivity index (χ4n) is 1.91. The van der Waals surface area contributed by atoms with E-state index in [1.54, 1.807) is 18.2 Å². The van der Waals surface area contributed by atoms with Crippen LogP contribution in [0.1, 0.15) is 0 Å².